The SMILES string of the molecule is CSc1cccc(NC(=O)CN(c2cccc(Cl)c2)S(=O)(=O)c2ccc(Cl)cc2)c1. The lowest BCUT2D eigenvalue weighted by atomic mass is 10.3. The maximum atomic E-state index is 13.3. The zero-order chi connectivity index (χ0) is 21.7. The Balaban J connectivity index is 1.93. The van der Waals surface area contributed by atoms with Crippen LogP contribution in [0.2, 0.25) is 10.0 Å². The van der Waals surface area contributed by atoms with Crippen molar-refractivity contribution in [3.05, 3.63) is 82.8 Å². The van der Waals surface area contributed by atoms with Crippen molar-refractivity contribution in [2.45, 2.75) is 9.79 Å². The zero-order valence-corrected chi connectivity index (χ0v) is 19.0. The highest BCUT2D eigenvalue weighted by atomic mass is 35.5. The maximum Gasteiger partial charge on any atom is 0.264 e. The number of amides is 1. The number of hydrogen-bond donors (Lipinski definition) is 1. The van der Waals surface area contributed by atoms with Crippen molar-refractivity contribution < 1.29 is 13.2 Å². The summed E-state index contributed by atoms with van der Waals surface area (Å²) in [5.41, 5.74) is 0.868. The number of nitrogens with one attached hydrogen (secondary N) is 1. The number of thioether (sulfide) groups is 1. The monoisotopic (exact) mass is 480 g/mol. The second kappa shape index (κ2) is 9.75. The Labute approximate surface area is 190 Å². The maximum absolute atomic E-state index is 13.3. The van der Waals surface area contributed by atoms with Crippen molar-refractivity contribution in [1.82, 2.24) is 0 Å². The van der Waals surface area contributed by atoms with Crippen LogP contribution in [0.5, 0.6) is 0 Å². The summed E-state index contributed by atoms with van der Waals surface area (Å²) >= 11 is 13.5. The van der Waals surface area contributed by atoms with Gasteiger partial charge in [0.05, 0.1) is 10.6 Å². The van der Waals surface area contributed by atoms with Crippen LogP contribution in [0.15, 0.2) is 82.6 Å². The van der Waals surface area contributed by atoms with E-state index in [1.807, 2.05) is 24.5 Å². The van der Waals surface area contributed by atoms with Gasteiger partial charge in [0.15, 0.2) is 0 Å². The van der Waals surface area contributed by atoms with Gasteiger partial charge in [0.25, 0.3) is 10.0 Å². The first-order valence-electron chi connectivity index (χ1n) is 8.77. The number of carbonyl (C=O) groups excluding carboxylic acids is 1. The minimum atomic E-state index is -4.04. The lowest BCUT2D eigenvalue weighted by molar-refractivity contribution is -0.114. The molecule has 0 saturated heterocycles. The van der Waals surface area contributed by atoms with Crippen molar-refractivity contribution in [2.75, 3.05) is 22.4 Å². The minimum absolute atomic E-state index is 0.0176. The summed E-state index contributed by atoms with van der Waals surface area (Å²) in [4.78, 5) is 13.7. The second-order valence-electron chi connectivity index (χ2n) is 6.23. The molecule has 1 N–H and O–H groups in total. The lowest BCUT2D eigenvalue weighted by Gasteiger charge is -2.24. The Bertz CT molecular complexity index is 1150. The first-order valence-corrected chi connectivity index (χ1v) is 12.2. The number of benzene rings is 3. The molecule has 0 fully saturated rings. The molecule has 3 aromatic rings. The Morgan fingerprint density at radius 3 is 2.33 bits per heavy atom. The molecular weight excluding hydrogens is 463 g/mol. The van der Waals surface area contributed by atoms with Crippen molar-refractivity contribution in [1.29, 1.82) is 0 Å². The van der Waals surface area contributed by atoms with Gasteiger partial charge in [-0.25, -0.2) is 8.42 Å². The highest BCUT2D eigenvalue weighted by Crippen LogP contribution is 2.27. The molecule has 0 saturated carbocycles. The van der Waals surface area contributed by atoms with Gasteiger partial charge in [-0.05, 0) is 66.9 Å². The molecule has 0 aliphatic rings. The van der Waals surface area contributed by atoms with Crippen LogP contribution < -0.4 is 9.62 Å². The molecule has 0 aliphatic heterocycles. The molecule has 0 unspecified atom stereocenters. The molecule has 0 heterocycles. The number of anilines is 2. The average Bonchev–Trinajstić information content (AvgIpc) is 2.72. The van der Waals surface area contributed by atoms with Crippen LogP contribution in [0, 0.1) is 0 Å². The fourth-order valence-electron chi connectivity index (χ4n) is 2.71. The average molecular weight is 481 g/mol. The first-order chi connectivity index (χ1) is 14.3. The third kappa shape index (κ3) is 5.49. The van der Waals surface area contributed by atoms with E-state index in [4.69, 9.17) is 23.2 Å². The Morgan fingerprint density at radius 1 is 0.967 bits per heavy atom. The number of halogens is 2. The van der Waals surface area contributed by atoms with Gasteiger partial charge in [-0.3, -0.25) is 9.10 Å². The molecule has 9 heteroatoms. The molecule has 3 rings (SSSR count). The van der Waals surface area contributed by atoms with Crippen LogP contribution >= 0.6 is 35.0 Å². The summed E-state index contributed by atoms with van der Waals surface area (Å²) in [6.45, 7) is -0.422. The van der Waals surface area contributed by atoms with Gasteiger partial charge in [-0.15, -0.1) is 11.8 Å². The van der Waals surface area contributed by atoms with Gasteiger partial charge in [0, 0.05) is 20.6 Å². The van der Waals surface area contributed by atoms with Crippen LogP contribution in [0.25, 0.3) is 0 Å². The van der Waals surface area contributed by atoms with E-state index in [0.29, 0.717) is 15.7 Å². The minimum Gasteiger partial charge on any atom is -0.324 e. The number of nitrogens with zero attached hydrogens (tertiary/aromatic N) is 1. The molecule has 0 radical (unpaired) electrons. The molecule has 0 aromatic heterocycles. The van der Waals surface area contributed by atoms with Crippen LogP contribution in [-0.2, 0) is 14.8 Å². The van der Waals surface area contributed by atoms with E-state index in [2.05, 4.69) is 5.32 Å². The Kier molecular flexibility index (Phi) is 7.31. The summed E-state index contributed by atoms with van der Waals surface area (Å²) in [6, 6.07) is 19.4. The molecule has 0 spiro atoms. The van der Waals surface area contributed by atoms with Gasteiger partial charge >= 0.3 is 0 Å². The second-order valence-corrected chi connectivity index (χ2v) is 9.84. The van der Waals surface area contributed by atoms with E-state index in [0.717, 1.165) is 9.20 Å². The van der Waals surface area contributed by atoms with Crippen molar-refractivity contribution in [3.63, 3.8) is 0 Å². The number of sulfonamides is 1. The van der Waals surface area contributed by atoms with E-state index in [9.17, 15) is 13.2 Å². The molecule has 0 aliphatic carbocycles. The molecule has 30 heavy (non-hydrogen) atoms. The fraction of sp³-hybridized carbons (Fsp3) is 0.0952. The Morgan fingerprint density at radius 2 is 1.67 bits per heavy atom. The van der Waals surface area contributed by atoms with Crippen LogP contribution in [0.4, 0.5) is 11.4 Å². The van der Waals surface area contributed by atoms with Gasteiger partial charge in [0.1, 0.15) is 6.54 Å². The van der Waals surface area contributed by atoms with Crippen LogP contribution in [0.1, 0.15) is 0 Å². The lowest BCUT2D eigenvalue weighted by Crippen LogP contribution is -2.38. The highest BCUT2D eigenvalue weighted by molar-refractivity contribution is 7.98. The Hall–Kier alpha value is -2.19. The summed E-state index contributed by atoms with van der Waals surface area (Å²) < 4.78 is 27.6. The third-order valence-electron chi connectivity index (χ3n) is 4.14. The number of carbonyl (C=O) groups is 1. The first kappa shape index (κ1) is 22.5. The number of hydrogen-bond acceptors (Lipinski definition) is 4. The van der Waals surface area contributed by atoms with Crippen molar-refractivity contribution >= 4 is 62.3 Å². The van der Waals surface area contributed by atoms with E-state index in [-0.39, 0.29) is 10.6 Å². The molecular formula is C21H18Cl2N2O3S2. The molecule has 0 bridgehead atoms. The molecule has 156 valence electrons. The molecule has 1 amide bonds. The topological polar surface area (TPSA) is 66.5 Å². The summed E-state index contributed by atoms with van der Waals surface area (Å²) in [7, 11) is -4.04. The highest BCUT2D eigenvalue weighted by Gasteiger charge is 2.27. The van der Waals surface area contributed by atoms with Gasteiger partial charge in [0.2, 0.25) is 5.91 Å². The van der Waals surface area contributed by atoms with Crippen molar-refractivity contribution in [2.24, 2.45) is 0 Å². The smallest absolute Gasteiger partial charge is 0.264 e. The van der Waals surface area contributed by atoms with Gasteiger partial charge in [-0.1, -0.05) is 35.3 Å². The summed E-state index contributed by atoms with van der Waals surface area (Å²) in [5, 5.41) is 3.52. The molecule has 5 nitrogen and oxygen atoms in total. The molecule has 3 aromatic carbocycles. The molecule has 0 atom stereocenters. The normalized spacial score (nSPS) is 11.2. The third-order valence-corrected chi connectivity index (χ3v) is 7.14. The summed E-state index contributed by atoms with van der Waals surface area (Å²) in [5.74, 6) is -0.481. The largest absolute Gasteiger partial charge is 0.324 e. The predicted molar refractivity (Wildman–Crippen MR) is 124 cm³/mol. The van der Waals surface area contributed by atoms with E-state index < -0.39 is 22.5 Å². The van der Waals surface area contributed by atoms with Crippen LogP contribution in [-0.4, -0.2) is 27.1 Å². The van der Waals surface area contributed by atoms with Crippen molar-refractivity contribution in [3.8, 4) is 0 Å². The predicted octanol–water partition coefficient (Wildman–Crippen LogP) is 5.55. The van der Waals surface area contributed by atoms with Gasteiger partial charge in [-0.2, -0.15) is 0 Å². The van der Waals surface area contributed by atoms with E-state index >= 15 is 0 Å². The van der Waals surface area contributed by atoms with E-state index in [1.165, 1.54) is 30.3 Å². The zero-order valence-electron chi connectivity index (χ0n) is 15.9. The number of rotatable bonds is 7. The van der Waals surface area contributed by atoms with Crippen LogP contribution in [0.3, 0.4) is 0 Å². The summed E-state index contributed by atoms with van der Waals surface area (Å²) in [6.07, 6.45) is 1.93. The van der Waals surface area contributed by atoms with Gasteiger partial charge < -0.3 is 5.32 Å². The fourth-order valence-corrected chi connectivity index (χ4v) is 4.89. The quantitative estimate of drug-likeness (QED) is 0.450. The van der Waals surface area contributed by atoms with E-state index in [1.54, 1.807) is 36.0 Å². The standard InChI is InChI=1S/C21H18Cl2N2O3S2/c1-29-19-7-3-5-17(13-19)24-21(26)14-25(18-6-2-4-16(23)12-18)30(27,28)20-10-8-15(22)9-11-20/h2-13H,14H2,1H3,(H,24,26).